The molecule has 1 aliphatic rings. The number of rotatable bonds is 6. The molecule has 0 spiro atoms. The molecule has 0 N–H and O–H groups in total. The van der Waals surface area contributed by atoms with Crippen molar-refractivity contribution in [2.75, 3.05) is 31.9 Å². The van der Waals surface area contributed by atoms with Crippen LogP contribution in [-0.4, -0.2) is 54.5 Å². The van der Waals surface area contributed by atoms with Crippen LogP contribution in [0.1, 0.15) is 18.4 Å². The van der Waals surface area contributed by atoms with Gasteiger partial charge in [0.2, 0.25) is 10.0 Å². The summed E-state index contributed by atoms with van der Waals surface area (Å²) in [6, 6.07) is 6.33. The number of hydrogen-bond donors (Lipinski definition) is 0. The minimum absolute atomic E-state index is 0.223. The fourth-order valence-electron chi connectivity index (χ4n) is 2.88. The van der Waals surface area contributed by atoms with Crippen molar-refractivity contribution in [1.82, 2.24) is 14.2 Å². The van der Waals surface area contributed by atoms with Gasteiger partial charge in [0.25, 0.3) is 0 Å². The van der Waals surface area contributed by atoms with E-state index in [9.17, 15) is 12.8 Å². The van der Waals surface area contributed by atoms with Gasteiger partial charge in [0.05, 0.1) is 18.0 Å². The highest BCUT2D eigenvalue weighted by Gasteiger charge is 2.26. The quantitative estimate of drug-likeness (QED) is 0.770. The monoisotopic (exact) mass is 383 g/mol. The molecule has 25 heavy (non-hydrogen) atoms. The van der Waals surface area contributed by atoms with E-state index in [4.69, 9.17) is 0 Å². The Labute approximate surface area is 152 Å². The number of halogens is 1. The van der Waals surface area contributed by atoms with Gasteiger partial charge in [0.15, 0.2) is 0 Å². The normalized spacial score (nSPS) is 17.0. The first-order valence-electron chi connectivity index (χ1n) is 8.38. The lowest BCUT2D eigenvalue weighted by molar-refractivity contribution is 0.181. The maximum Gasteiger partial charge on any atom is 0.214 e. The van der Waals surface area contributed by atoms with Gasteiger partial charge in [-0.1, -0.05) is 6.92 Å². The van der Waals surface area contributed by atoms with E-state index in [0.29, 0.717) is 39.1 Å². The van der Waals surface area contributed by atoms with Crippen LogP contribution < -0.4 is 0 Å². The lowest BCUT2D eigenvalue weighted by Gasteiger charge is -2.33. The summed E-state index contributed by atoms with van der Waals surface area (Å²) in [5.41, 5.74) is 1.75. The SMILES string of the molecule is CCCS(=O)(=O)N1CCN(Cc2nc(-c3ccc(F)cc3)cs2)CC1. The van der Waals surface area contributed by atoms with Gasteiger partial charge >= 0.3 is 0 Å². The Bertz CT molecular complexity index is 798. The Morgan fingerprint density at radius 3 is 2.48 bits per heavy atom. The molecule has 1 fully saturated rings. The van der Waals surface area contributed by atoms with E-state index in [1.54, 1.807) is 27.8 Å². The van der Waals surface area contributed by atoms with Crippen LogP contribution in [0.2, 0.25) is 0 Å². The molecule has 0 aliphatic carbocycles. The predicted octanol–water partition coefficient (Wildman–Crippen LogP) is 2.81. The molecule has 136 valence electrons. The van der Waals surface area contributed by atoms with Crippen LogP contribution in [0.3, 0.4) is 0 Å². The molecule has 0 unspecified atom stereocenters. The number of nitrogens with zero attached hydrogens (tertiary/aromatic N) is 3. The molecule has 0 radical (unpaired) electrons. The molecule has 2 heterocycles. The van der Waals surface area contributed by atoms with Crippen molar-refractivity contribution in [1.29, 1.82) is 0 Å². The highest BCUT2D eigenvalue weighted by Crippen LogP contribution is 2.23. The summed E-state index contributed by atoms with van der Waals surface area (Å²) in [5, 5.41) is 2.97. The third-order valence-electron chi connectivity index (χ3n) is 4.24. The van der Waals surface area contributed by atoms with E-state index in [0.717, 1.165) is 16.3 Å². The number of piperazine rings is 1. The second-order valence-corrected chi connectivity index (χ2v) is 9.16. The Hall–Kier alpha value is -1.35. The number of hydrogen-bond acceptors (Lipinski definition) is 5. The Kier molecular flexibility index (Phi) is 5.83. The first kappa shape index (κ1) is 18.4. The van der Waals surface area contributed by atoms with Crippen LogP contribution in [0.4, 0.5) is 4.39 Å². The highest BCUT2D eigenvalue weighted by atomic mass is 32.2. The van der Waals surface area contributed by atoms with Crippen molar-refractivity contribution >= 4 is 21.4 Å². The lowest BCUT2D eigenvalue weighted by Crippen LogP contribution is -2.48. The zero-order chi connectivity index (χ0) is 17.9. The molecule has 0 atom stereocenters. The van der Waals surface area contributed by atoms with Gasteiger partial charge in [0.1, 0.15) is 10.8 Å². The third kappa shape index (κ3) is 4.63. The Morgan fingerprint density at radius 2 is 1.84 bits per heavy atom. The number of thiazole rings is 1. The second-order valence-electron chi connectivity index (χ2n) is 6.12. The number of aromatic nitrogens is 1. The third-order valence-corrected chi connectivity index (χ3v) is 7.15. The van der Waals surface area contributed by atoms with Gasteiger partial charge in [-0.05, 0) is 30.7 Å². The fourth-order valence-corrected chi connectivity index (χ4v) is 5.22. The van der Waals surface area contributed by atoms with Crippen molar-refractivity contribution in [3.8, 4) is 11.3 Å². The van der Waals surface area contributed by atoms with Crippen molar-refractivity contribution in [2.24, 2.45) is 0 Å². The summed E-state index contributed by atoms with van der Waals surface area (Å²) in [4.78, 5) is 6.85. The summed E-state index contributed by atoms with van der Waals surface area (Å²) in [5.74, 6) is -0.0318. The molecular weight excluding hydrogens is 361 g/mol. The zero-order valence-electron chi connectivity index (χ0n) is 14.2. The molecular formula is C17H22FN3O2S2. The maximum absolute atomic E-state index is 13.0. The standard InChI is InChI=1S/C17H22FN3O2S2/c1-2-11-25(22,23)21-9-7-20(8-10-21)12-17-19-16(13-24-17)14-3-5-15(18)6-4-14/h3-6,13H,2,7-12H2,1H3. The molecule has 5 nitrogen and oxygen atoms in total. The minimum atomic E-state index is -3.10. The average molecular weight is 384 g/mol. The van der Waals surface area contributed by atoms with E-state index in [2.05, 4.69) is 9.88 Å². The van der Waals surface area contributed by atoms with E-state index in [1.807, 2.05) is 12.3 Å². The fraction of sp³-hybridized carbons (Fsp3) is 0.471. The highest BCUT2D eigenvalue weighted by molar-refractivity contribution is 7.89. The average Bonchev–Trinajstić information content (AvgIpc) is 3.04. The molecule has 3 rings (SSSR count). The minimum Gasteiger partial charge on any atom is -0.294 e. The van der Waals surface area contributed by atoms with Crippen LogP contribution >= 0.6 is 11.3 Å². The number of benzene rings is 1. The van der Waals surface area contributed by atoms with Gasteiger partial charge in [-0.25, -0.2) is 17.8 Å². The predicted molar refractivity (Wildman–Crippen MR) is 98.4 cm³/mol. The van der Waals surface area contributed by atoms with Gasteiger partial charge in [-0.3, -0.25) is 4.90 Å². The van der Waals surface area contributed by atoms with Crippen molar-refractivity contribution < 1.29 is 12.8 Å². The largest absolute Gasteiger partial charge is 0.294 e. The molecule has 0 amide bonds. The first-order chi connectivity index (χ1) is 12.0. The second kappa shape index (κ2) is 7.90. The lowest BCUT2D eigenvalue weighted by atomic mass is 10.2. The van der Waals surface area contributed by atoms with Gasteiger partial charge in [0, 0.05) is 37.1 Å². The summed E-state index contributed by atoms with van der Waals surface area (Å²) >= 11 is 1.58. The van der Waals surface area contributed by atoms with E-state index in [1.165, 1.54) is 12.1 Å². The van der Waals surface area contributed by atoms with Crippen LogP contribution in [0.15, 0.2) is 29.6 Å². The molecule has 1 aliphatic heterocycles. The van der Waals surface area contributed by atoms with Crippen molar-refractivity contribution in [3.05, 3.63) is 40.5 Å². The molecule has 1 saturated heterocycles. The van der Waals surface area contributed by atoms with E-state index >= 15 is 0 Å². The topological polar surface area (TPSA) is 53.5 Å². The Morgan fingerprint density at radius 1 is 1.16 bits per heavy atom. The molecule has 0 saturated carbocycles. The van der Waals surface area contributed by atoms with Gasteiger partial charge < -0.3 is 0 Å². The molecule has 1 aromatic carbocycles. The molecule has 1 aromatic heterocycles. The van der Waals surface area contributed by atoms with Crippen LogP contribution in [0, 0.1) is 5.82 Å². The maximum atomic E-state index is 13.0. The van der Waals surface area contributed by atoms with Gasteiger partial charge in [-0.15, -0.1) is 11.3 Å². The first-order valence-corrected chi connectivity index (χ1v) is 10.9. The Balaban J connectivity index is 1.57. The van der Waals surface area contributed by atoms with Crippen LogP contribution in [-0.2, 0) is 16.6 Å². The van der Waals surface area contributed by atoms with E-state index in [-0.39, 0.29) is 11.6 Å². The summed E-state index contributed by atoms with van der Waals surface area (Å²) in [7, 11) is -3.10. The summed E-state index contributed by atoms with van der Waals surface area (Å²) in [6.07, 6.45) is 0.647. The molecule has 2 aromatic rings. The van der Waals surface area contributed by atoms with Gasteiger partial charge in [-0.2, -0.15) is 4.31 Å². The van der Waals surface area contributed by atoms with Crippen LogP contribution in [0.25, 0.3) is 11.3 Å². The van der Waals surface area contributed by atoms with Crippen molar-refractivity contribution in [2.45, 2.75) is 19.9 Å². The van der Waals surface area contributed by atoms with E-state index < -0.39 is 10.0 Å². The zero-order valence-corrected chi connectivity index (χ0v) is 15.8. The van der Waals surface area contributed by atoms with Crippen molar-refractivity contribution in [3.63, 3.8) is 0 Å². The smallest absolute Gasteiger partial charge is 0.214 e. The summed E-state index contributed by atoms with van der Waals surface area (Å²) in [6.45, 7) is 5.11. The molecule has 8 heteroatoms. The van der Waals surface area contributed by atoms with Crippen LogP contribution in [0.5, 0.6) is 0 Å². The molecule has 0 bridgehead atoms. The summed E-state index contributed by atoms with van der Waals surface area (Å²) < 4.78 is 38.8. The number of sulfonamides is 1.